The normalized spacial score (nSPS) is 20.6. The summed E-state index contributed by atoms with van der Waals surface area (Å²) < 4.78 is 11.4. The zero-order valence-corrected chi connectivity index (χ0v) is 14.0. The lowest BCUT2D eigenvalue weighted by molar-refractivity contribution is -0.138. The highest BCUT2D eigenvalue weighted by molar-refractivity contribution is 7.99. The number of nitrogens with one attached hydrogen (secondary N) is 1. The molecule has 0 spiro atoms. The van der Waals surface area contributed by atoms with Crippen LogP contribution < -0.4 is 10.1 Å². The summed E-state index contributed by atoms with van der Waals surface area (Å²) in [6, 6.07) is 8.63. The number of thioether (sulfide) groups is 1. The smallest absolute Gasteiger partial charge is 0.321 e. The summed E-state index contributed by atoms with van der Waals surface area (Å²) in [6.07, 6.45) is 0. The van der Waals surface area contributed by atoms with E-state index in [4.69, 9.17) is 25.9 Å². The van der Waals surface area contributed by atoms with Crippen molar-refractivity contribution in [3.63, 3.8) is 0 Å². The van der Waals surface area contributed by atoms with Crippen LogP contribution in [0.25, 0.3) is 0 Å². The number of ether oxygens (including phenoxy) is 1. The van der Waals surface area contributed by atoms with Crippen LogP contribution in [0.3, 0.4) is 0 Å². The molecule has 3 rings (SSSR count). The molecule has 1 fully saturated rings. The number of halogens is 1. The zero-order chi connectivity index (χ0) is 16.4. The molecule has 0 saturated carbocycles. The molecule has 2 heterocycles. The van der Waals surface area contributed by atoms with Crippen LogP contribution in [0.2, 0.25) is 5.02 Å². The maximum atomic E-state index is 11.0. The van der Waals surface area contributed by atoms with Crippen LogP contribution in [0.15, 0.2) is 34.7 Å². The van der Waals surface area contributed by atoms with E-state index in [0.717, 1.165) is 11.3 Å². The number of furan rings is 1. The van der Waals surface area contributed by atoms with E-state index in [2.05, 4.69) is 5.32 Å². The molecule has 2 N–H and O–H groups in total. The summed E-state index contributed by atoms with van der Waals surface area (Å²) in [4.78, 5) is 11.0. The Hall–Kier alpha value is -1.63. The molecular formula is C16H16ClNO4S. The minimum atomic E-state index is -0.840. The molecule has 0 radical (unpaired) electrons. The van der Waals surface area contributed by atoms with Gasteiger partial charge in [-0.25, -0.2) is 0 Å². The van der Waals surface area contributed by atoms with E-state index in [-0.39, 0.29) is 5.37 Å². The minimum absolute atomic E-state index is 0.136. The number of benzene rings is 1. The fraction of sp³-hybridized carbons (Fsp3) is 0.312. The molecule has 1 aliphatic rings. The molecule has 0 unspecified atom stereocenters. The number of carboxylic acid groups (broad SMARTS) is 1. The molecule has 0 bridgehead atoms. The summed E-state index contributed by atoms with van der Waals surface area (Å²) in [6.45, 7) is 2.23. The first-order valence-electron chi connectivity index (χ1n) is 7.11. The standard InChI is InChI=1S/C16H16ClNO4S/c1-9-6-10(2-4-12(9)17)21-7-11-3-5-14(22-11)15-18-13(8-23-15)16(19)20/h2-6,13,15,18H,7-8H2,1H3,(H,19,20)/t13-,15-/m0/s1. The van der Waals surface area contributed by atoms with Crippen molar-refractivity contribution in [3.05, 3.63) is 52.4 Å². The molecule has 2 aromatic rings. The van der Waals surface area contributed by atoms with Gasteiger partial charge in [-0.05, 0) is 42.8 Å². The second-order valence-corrected chi connectivity index (χ2v) is 6.82. The highest BCUT2D eigenvalue weighted by Crippen LogP contribution is 2.34. The number of rotatable bonds is 5. The number of aliphatic carboxylic acids is 1. The van der Waals surface area contributed by atoms with Crippen molar-refractivity contribution >= 4 is 29.3 Å². The summed E-state index contributed by atoms with van der Waals surface area (Å²) >= 11 is 7.50. The van der Waals surface area contributed by atoms with Crippen molar-refractivity contribution in [1.82, 2.24) is 5.32 Å². The summed E-state index contributed by atoms with van der Waals surface area (Å²) in [5.41, 5.74) is 0.954. The van der Waals surface area contributed by atoms with Crippen LogP contribution in [0.1, 0.15) is 22.5 Å². The largest absolute Gasteiger partial charge is 0.486 e. The number of aryl methyl sites for hydroxylation is 1. The maximum Gasteiger partial charge on any atom is 0.321 e. The quantitative estimate of drug-likeness (QED) is 0.855. The van der Waals surface area contributed by atoms with Crippen molar-refractivity contribution in [3.8, 4) is 5.75 Å². The van der Waals surface area contributed by atoms with Gasteiger partial charge in [0.1, 0.15) is 35.3 Å². The van der Waals surface area contributed by atoms with E-state index in [1.54, 1.807) is 6.07 Å². The van der Waals surface area contributed by atoms with Crippen molar-refractivity contribution < 1.29 is 19.1 Å². The van der Waals surface area contributed by atoms with E-state index < -0.39 is 12.0 Å². The van der Waals surface area contributed by atoms with Gasteiger partial charge in [0, 0.05) is 10.8 Å². The molecule has 7 heteroatoms. The first-order chi connectivity index (χ1) is 11.0. The van der Waals surface area contributed by atoms with Crippen molar-refractivity contribution in [2.24, 2.45) is 0 Å². The highest BCUT2D eigenvalue weighted by atomic mass is 35.5. The number of carboxylic acids is 1. The molecule has 23 heavy (non-hydrogen) atoms. The highest BCUT2D eigenvalue weighted by Gasteiger charge is 2.32. The lowest BCUT2D eigenvalue weighted by Gasteiger charge is -2.08. The van der Waals surface area contributed by atoms with E-state index in [0.29, 0.717) is 28.9 Å². The van der Waals surface area contributed by atoms with Gasteiger partial charge in [0.2, 0.25) is 0 Å². The van der Waals surface area contributed by atoms with Crippen LogP contribution in [-0.4, -0.2) is 22.9 Å². The van der Waals surface area contributed by atoms with Gasteiger partial charge in [-0.1, -0.05) is 11.6 Å². The molecule has 1 aromatic heterocycles. The van der Waals surface area contributed by atoms with Crippen LogP contribution >= 0.6 is 23.4 Å². The number of hydrogen-bond acceptors (Lipinski definition) is 5. The first kappa shape index (κ1) is 16.2. The third-order valence-electron chi connectivity index (χ3n) is 3.53. The molecule has 5 nitrogen and oxygen atoms in total. The third-order valence-corrected chi connectivity index (χ3v) is 5.18. The predicted octanol–water partition coefficient (Wildman–Crippen LogP) is 3.61. The Morgan fingerprint density at radius 2 is 2.30 bits per heavy atom. The van der Waals surface area contributed by atoms with Gasteiger partial charge < -0.3 is 14.3 Å². The Labute approximate surface area is 143 Å². The van der Waals surface area contributed by atoms with Crippen molar-refractivity contribution in [1.29, 1.82) is 0 Å². The Morgan fingerprint density at radius 1 is 1.48 bits per heavy atom. The molecule has 122 valence electrons. The van der Waals surface area contributed by atoms with E-state index in [9.17, 15) is 4.79 Å². The number of carbonyl (C=O) groups is 1. The average Bonchev–Trinajstić information content (AvgIpc) is 3.16. The van der Waals surface area contributed by atoms with E-state index >= 15 is 0 Å². The van der Waals surface area contributed by atoms with Crippen LogP contribution in [0.5, 0.6) is 5.75 Å². The van der Waals surface area contributed by atoms with Crippen LogP contribution in [-0.2, 0) is 11.4 Å². The van der Waals surface area contributed by atoms with Gasteiger partial charge in [0.25, 0.3) is 0 Å². The molecule has 1 aliphatic heterocycles. The molecule has 1 aromatic carbocycles. The van der Waals surface area contributed by atoms with Crippen molar-refractivity contribution in [2.75, 3.05) is 5.75 Å². The lowest BCUT2D eigenvalue weighted by atomic mass is 10.2. The van der Waals surface area contributed by atoms with E-state index in [1.807, 2.05) is 31.2 Å². The van der Waals surface area contributed by atoms with E-state index in [1.165, 1.54) is 11.8 Å². The van der Waals surface area contributed by atoms with Crippen LogP contribution in [0.4, 0.5) is 0 Å². The second-order valence-electron chi connectivity index (χ2n) is 5.27. The monoisotopic (exact) mass is 353 g/mol. The Morgan fingerprint density at radius 3 is 3.00 bits per heavy atom. The van der Waals surface area contributed by atoms with Gasteiger partial charge in [0.05, 0.1) is 0 Å². The molecule has 2 atom stereocenters. The SMILES string of the molecule is Cc1cc(OCc2ccc([C@H]3N[C@H](C(=O)O)CS3)o2)ccc1Cl. The Bertz CT molecular complexity index is 718. The van der Waals surface area contributed by atoms with Gasteiger partial charge in [-0.2, -0.15) is 0 Å². The topological polar surface area (TPSA) is 71.7 Å². The number of hydrogen-bond donors (Lipinski definition) is 2. The van der Waals surface area contributed by atoms with Gasteiger partial charge in [-0.15, -0.1) is 11.8 Å². The predicted molar refractivity (Wildman–Crippen MR) is 89.0 cm³/mol. The summed E-state index contributed by atoms with van der Waals surface area (Å²) in [5.74, 6) is 1.81. The maximum absolute atomic E-state index is 11.0. The van der Waals surface area contributed by atoms with Gasteiger partial charge in [-0.3, -0.25) is 10.1 Å². The minimum Gasteiger partial charge on any atom is -0.486 e. The average molecular weight is 354 g/mol. The van der Waals surface area contributed by atoms with Gasteiger partial charge in [0.15, 0.2) is 0 Å². The molecule has 1 saturated heterocycles. The fourth-order valence-corrected chi connectivity index (χ4v) is 3.55. The molecular weight excluding hydrogens is 338 g/mol. The Kier molecular flexibility index (Phi) is 4.84. The summed E-state index contributed by atoms with van der Waals surface area (Å²) in [5, 5.41) is 12.6. The zero-order valence-electron chi connectivity index (χ0n) is 12.4. The molecule has 0 amide bonds. The first-order valence-corrected chi connectivity index (χ1v) is 8.53. The lowest BCUT2D eigenvalue weighted by Crippen LogP contribution is -2.33. The third kappa shape index (κ3) is 3.83. The Balaban J connectivity index is 1.59. The van der Waals surface area contributed by atoms with Crippen LogP contribution in [0, 0.1) is 6.92 Å². The fourth-order valence-electron chi connectivity index (χ4n) is 2.25. The van der Waals surface area contributed by atoms with Crippen molar-refractivity contribution in [2.45, 2.75) is 24.9 Å². The van der Waals surface area contributed by atoms with Gasteiger partial charge >= 0.3 is 5.97 Å². The second kappa shape index (κ2) is 6.86. The summed E-state index contributed by atoms with van der Waals surface area (Å²) in [7, 11) is 0. The molecule has 0 aliphatic carbocycles.